The number of carbonyl (C=O) groups is 2. The van der Waals surface area contributed by atoms with Crippen molar-refractivity contribution in [1.82, 2.24) is 4.90 Å². The van der Waals surface area contributed by atoms with Crippen LogP contribution < -0.4 is 9.64 Å². The second kappa shape index (κ2) is 20.6. The molecule has 1 saturated heterocycles. The molecular formula is C41H54N2O10SSi. The first-order valence-electron chi connectivity index (χ1n) is 18.9. The molecule has 2 aliphatic heterocycles. The number of amides is 2. The van der Waals surface area contributed by atoms with Crippen LogP contribution in [-0.2, 0) is 35.8 Å². The van der Waals surface area contributed by atoms with E-state index < -0.39 is 35.4 Å². The Kier molecular flexibility index (Phi) is 16.2. The van der Waals surface area contributed by atoms with Crippen LogP contribution in [-0.4, -0.2) is 82.6 Å². The van der Waals surface area contributed by atoms with Crippen molar-refractivity contribution in [1.29, 1.82) is 0 Å². The van der Waals surface area contributed by atoms with E-state index in [0.29, 0.717) is 67.8 Å². The number of benzene rings is 2. The Morgan fingerprint density at radius 3 is 2.38 bits per heavy atom. The molecule has 2 aliphatic rings. The quantitative estimate of drug-likeness (QED) is 0.0822. The first-order valence-corrected chi connectivity index (χ1v) is 23.7. The van der Waals surface area contributed by atoms with E-state index in [1.54, 1.807) is 11.0 Å². The van der Waals surface area contributed by atoms with Crippen LogP contribution in [0.3, 0.4) is 0 Å². The number of ether oxygens (including phenoxy) is 5. The largest absolute Gasteiger partial charge is 0.464 e. The van der Waals surface area contributed by atoms with Gasteiger partial charge in [0, 0.05) is 64.6 Å². The highest BCUT2D eigenvalue weighted by atomic mass is 32.2. The molecule has 0 bridgehead atoms. The van der Waals surface area contributed by atoms with Crippen molar-refractivity contribution >= 4 is 41.4 Å². The van der Waals surface area contributed by atoms with Crippen LogP contribution >= 0.6 is 0 Å². The third-order valence-electron chi connectivity index (χ3n) is 8.72. The lowest BCUT2D eigenvalue weighted by atomic mass is 10.0. The van der Waals surface area contributed by atoms with Crippen molar-refractivity contribution < 1.29 is 46.8 Å². The summed E-state index contributed by atoms with van der Waals surface area (Å²) in [6.45, 7) is 14.8. The molecule has 298 valence electrons. The summed E-state index contributed by atoms with van der Waals surface area (Å²) >= 11 is 0. The van der Waals surface area contributed by atoms with Crippen LogP contribution in [0.15, 0.2) is 36.4 Å². The Morgan fingerprint density at radius 1 is 1.00 bits per heavy atom. The van der Waals surface area contributed by atoms with Crippen molar-refractivity contribution in [3.8, 4) is 29.4 Å². The molecule has 12 nitrogen and oxygen atoms in total. The second-order valence-corrected chi connectivity index (χ2v) is 21.6. The zero-order valence-corrected chi connectivity index (χ0v) is 34.7. The monoisotopic (exact) mass is 794 g/mol. The Hall–Kier alpha value is -4.31. The molecule has 0 aliphatic carbocycles. The fraction of sp³-hybridized carbons (Fsp3) is 0.537. The van der Waals surface area contributed by atoms with E-state index >= 15 is 0 Å². The molecule has 4 rings (SSSR count). The molecule has 14 heteroatoms. The maximum absolute atomic E-state index is 12.5. The normalized spacial score (nSPS) is 15.8. The average Bonchev–Trinajstić information content (AvgIpc) is 3.48. The van der Waals surface area contributed by atoms with E-state index in [1.807, 2.05) is 39.0 Å². The summed E-state index contributed by atoms with van der Waals surface area (Å²) in [7, 11) is -4.51. The minimum absolute atomic E-state index is 0.0785. The molecule has 0 aromatic heterocycles. The highest BCUT2D eigenvalue weighted by Gasteiger charge is 2.34. The van der Waals surface area contributed by atoms with E-state index in [4.69, 9.17) is 23.7 Å². The third kappa shape index (κ3) is 14.0. The zero-order chi connectivity index (χ0) is 40.0. The second-order valence-electron chi connectivity index (χ2n) is 15.2. The van der Waals surface area contributed by atoms with Gasteiger partial charge >= 0.3 is 12.2 Å². The van der Waals surface area contributed by atoms with Crippen LogP contribution in [0.2, 0.25) is 25.7 Å². The minimum atomic E-state index is -2.94. The van der Waals surface area contributed by atoms with Gasteiger partial charge in [-0.1, -0.05) is 69.2 Å². The number of hydrogen-bond acceptors (Lipinski definition) is 9. The van der Waals surface area contributed by atoms with Gasteiger partial charge in [0.15, 0.2) is 0 Å². The van der Waals surface area contributed by atoms with Crippen molar-refractivity contribution in [2.45, 2.75) is 110 Å². The number of nitrogens with zero attached hydrogens (tertiary/aromatic N) is 2. The Labute approximate surface area is 328 Å². The van der Waals surface area contributed by atoms with Gasteiger partial charge in [0.25, 0.3) is 15.5 Å². The number of carboxylic acid groups (broad SMARTS) is 1. The topological polar surface area (TPSA) is 141 Å². The van der Waals surface area contributed by atoms with Gasteiger partial charge in [0.1, 0.15) is 11.9 Å². The van der Waals surface area contributed by atoms with Gasteiger partial charge in [-0.2, -0.15) is 8.42 Å². The summed E-state index contributed by atoms with van der Waals surface area (Å²) in [6.07, 6.45) is 3.51. The lowest BCUT2D eigenvalue weighted by Crippen LogP contribution is -2.39. The van der Waals surface area contributed by atoms with E-state index in [-0.39, 0.29) is 24.5 Å². The van der Waals surface area contributed by atoms with E-state index in [2.05, 4.69) is 43.3 Å². The summed E-state index contributed by atoms with van der Waals surface area (Å²) in [5.74, 6) is 12.3. The van der Waals surface area contributed by atoms with Gasteiger partial charge in [-0.15, -0.1) is 0 Å². The van der Waals surface area contributed by atoms with Gasteiger partial charge in [-0.3, -0.25) is 0 Å². The maximum Gasteiger partial charge on any atom is 0.418 e. The fourth-order valence-electron chi connectivity index (χ4n) is 5.77. The first kappa shape index (κ1) is 43.4. The molecule has 2 aromatic carbocycles. The third-order valence-corrected chi connectivity index (χ3v) is 11.0. The average molecular weight is 795 g/mol. The van der Waals surface area contributed by atoms with Crippen LogP contribution in [0, 0.1) is 23.7 Å². The lowest BCUT2D eigenvalue weighted by molar-refractivity contribution is -0.180. The molecule has 1 N–H and O–H groups in total. The fourth-order valence-corrected chi connectivity index (χ4v) is 7.00. The van der Waals surface area contributed by atoms with E-state index in [0.717, 1.165) is 49.0 Å². The van der Waals surface area contributed by atoms with Gasteiger partial charge in [-0.25, -0.2) is 14.5 Å². The number of unbranched alkanes of at least 4 members (excludes halogenated alkanes) is 4. The van der Waals surface area contributed by atoms with Gasteiger partial charge < -0.3 is 33.7 Å². The molecule has 0 unspecified atom stereocenters. The Balaban J connectivity index is 1.21. The highest BCUT2D eigenvalue weighted by Crippen LogP contribution is 2.35. The van der Waals surface area contributed by atoms with E-state index in [9.17, 15) is 23.1 Å². The van der Waals surface area contributed by atoms with Crippen molar-refractivity contribution in [3.63, 3.8) is 0 Å². The molecule has 55 heavy (non-hydrogen) atoms. The number of fused-ring (bicyclic) bond motifs is 1. The maximum atomic E-state index is 12.5. The SMILES string of the molecule is CCCC#Cc1cc(C#CCCOCCCCCCN2C[C@@H](c3ccc4c(c3)COC(C)(C)O4)OC2=O)cc(N(C(=O)O)C(OCC[Si](C)(C)C)=S(=O)=O)c1. The van der Waals surface area contributed by atoms with Crippen molar-refractivity contribution in [2.75, 3.05) is 37.8 Å². The Bertz CT molecular complexity index is 1930. The Morgan fingerprint density at radius 2 is 1.71 bits per heavy atom. The van der Waals surface area contributed by atoms with Gasteiger partial charge in [0.05, 0.1) is 32.1 Å². The molecule has 0 radical (unpaired) electrons. The van der Waals surface area contributed by atoms with E-state index in [1.165, 1.54) is 12.1 Å². The molecule has 0 spiro atoms. The summed E-state index contributed by atoms with van der Waals surface area (Å²) in [6, 6.07) is 11.3. The molecule has 1 fully saturated rings. The standard InChI is InChI=1S/C41H54N2O10SSi/c1-7-8-11-16-31-25-32(27-35(26-31)43(38(44)45)40(54(47)48)50-23-24-55(4,5)6)17-12-15-22-49-21-14-10-9-13-20-42-29-37(52-39(42)46)33-18-19-36-34(28-33)30-51-41(2,3)53-36/h18-19,25-28,37H,7-10,13-15,20-24,29-30H2,1-6H3,(H,44,45)/t37-/m0/s1. The summed E-state index contributed by atoms with van der Waals surface area (Å²) in [5, 5.41) is 9.38. The van der Waals surface area contributed by atoms with Gasteiger partial charge in [0.2, 0.25) is 5.79 Å². The summed E-state index contributed by atoms with van der Waals surface area (Å²) < 4.78 is 52.9. The first-order chi connectivity index (χ1) is 26.2. The molecule has 2 heterocycles. The number of anilines is 1. The van der Waals surface area contributed by atoms with Crippen LogP contribution in [0.1, 0.15) is 94.1 Å². The molecular weight excluding hydrogens is 741 g/mol. The number of carbonyl (C=O) groups excluding carboxylic acids is 1. The number of rotatable bonds is 15. The minimum Gasteiger partial charge on any atom is -0.464 e. The van der Waals surface area contributed by atoms with Crippen molar-refractivity contribution in [2.24, 2.45) is 0 Å². The molecule has 2 amide bonds. The zero-order valence-electron chi connectivity index (χ0n) is 32.9. The molecule has 1 atom stereocenters. The highest BCUT2D eigenvalue weighted by molar-refractivity contribution is 7.72. The van der Waals surface area contributed by atoms with Crippen molar-refractivity contribution in [3.05, 3.63) is 58.7 Å². The number of hydrogen-bond donors (Lipinski definition) is 1. The lowest BCUT2D eigenvalue weighted by Gasteiger charge is -2.32. The van der Waals surface area contributed by atoms with Crippen LogP contribution in [0.4, 0.5) is 15.3 Å². The smallest absolute Gasteiger partial charge is 0.418 e. The molecule has 2 aromatic rings. The van der Waals surface area contributed by atoms with Crippen LogP contribution in [0.5, 0.6) is 5.75 Å². The predicted octanol–water partition coefficient (Wildman–Crippen LogP) is 7.80. The molecule has 0 saturated carbocycles. The van der Waals surface area contributed by atoms with Gasteiger partial charge in [-0.05, 0) is 61.2 Å². The number of cyclic esters (lactones) is 1. The summed E-state index contributed by atoms with van der Waals surface area (Å²) in [5.41, 5.74) is 2.97. The predicted molar refractivity (Wildman–Crippen MR) is 214 cm³/mol. The van der Waals surface area contributed by atoms with Crippen LogP contribution in [0.25, 0.3) is 0 Å². The summed E-state index contributed by atoms with van der Waals surface area (Å²) in [4.78, 5) is 27.3.